The van der Waals surface area contributed by atoms with Crippen LogP contribution in [0.5, 0.6) is 0 Å². The molecule has 0 saturated carbocycles. The zero-order valence-corrected chi connectivity index (χ0v) is 9.33. The lowest BCUT2D eigenvalue weighted by atomic mass is 10.2. The maximum absolute atomic E-state index is 11.6. The lowest BCUT2D eigenvalue weighted by Gasteiger charge is -2.04. The minimum atomic E-state index is -0.0866. The number of thiazole rings is 1. The van der Waals surface area contributed by atoms with Gasteiger partial charge in [-0.1, -0.05) is 6.07 Å². The van der Waals surface area contributed by atoms with E-state index in [1.165, 1.54) is 11.3 Å². The predicted molar refractivity (Wildman–Crippen MR) is 65.3 cm³/mol. The van der Waals surface area contributed by atoms with E-state index < -0.39 is 0 Å². The summed E-state index contributed by atoms with van der Waals surface area (Å²) in [5.74, 6) is -0.0866. The zero-order chi connectivity index (χ0) is 11.4. The first-order chi connectivity index (χ1) is 7.74. The molecule has 1 heterocycles. The largest absolute Gasteiger partial charge is 0.399 e. The maximum atomic E-state index is 11.6. The lowest BCUT2D eigenvalue weighted by molar-refractivity contribution is -0.115. The number of nitrogens with two attached hydrogens (primary N) is 1. The summed E-state index contributed by atoms with van der Waals surface area (Å²) in [5.41, 5.74) is 9.44. The molecule has 0 atom stereocenters. The number of nitrogens with zero attached hydrogens (tertiary/aromatic N) is 1. The highest BCUT2D eigenvalue weighted by molar-refractivity contribution is 7.07. The molecule has 0 saturated heterocycles. The highest BCUT2D eigenvalue weighted by Crippen LogP contribution is 2.12. The van der Waals surface area contributed by atoms with Gasteiger partial charge >= 0.3 is 0 Å². The Labute approximate surface area is 97.1 Å². The van der Waals surface area contributed by atoms with E-state index in [0.717, 1.165) is 5.69 Å². The molecular formula is C11H11N3OS. The van der Waals surface area contributed by atoms with Crippen molar-refractivity contribution in [2.24, 2.45) is 0 Å². The normalized spacial score (nSPS) is 10.0. The summed E-state index contributed by atoms with van der Waals surface area (Å²) in [7, 11) is 0. The Kier molecular flexibility index (Phi) is 3.16. The number of carbonyl (C=O) groups is 1. The second-order valence-corrected chi connectivity index (χ2v) is 4.05. The van der Waals surface area contributed by atoms with E-state index in [4.69, 9.17) is 5.73 Å². The molecule has 1 aromatic heterocycles. The quantitative estimate of drug-likeness (QED) is 0.796. The number of anilines is 2. The molecule has 0 spiro atoms. The highest BCUT2D eigenvalue weighted by atomic mass is 32.1. The lowest BCUT2D eigenvalue weighted by Crippen LogP contribution is -2.14. The number of hydrogen-bond acceptors (Lipinski definition) is 4. The summed E-state index contributed by atoms with van der Waals surface area (Å²) in [6, 6.07) is 7.10. The molecule has 2 rings (SSSR count). The fourth-order valence-corrected chi connectivity index (χ4v) is 1.87. The molecule has 0 bridgehead atoms. The molecule has 5 heteroatoms. The Morgan fingerprint density at radius 3 is 3.06 bits per heavy atom. The number of nitrogens with one attached hydrogen (secondary N) is 1. The van der Waals surface area contributed by atoms with Crippen LogP contribution in [0.3, 0.4) is 0 Å². The van der Waals surface area contributed by atoms with Crippen LogP contribution in [0.1, 0.15) is 5.69 Å². The molecule has 4 nitrogen and oxygen atoms in total. The summed E-state index contributed by atoms with van der Waals surface area (Å²) in [6.07, 6.45) is 0.290. The number of aromatic nitrogens is 1. The summed E-state index contributed by atoms with van der Waals surface area (Å²) in [5, 5.41) is 4.63. The SMILES string of the molecule is Nc1cccc(NC(=O)Cc2cscn2)c1. The number of amides is 1. The van der Waals surface area contributed by atoms with Gasteiger partial charge in [-0.05, 0) is 18.2 Å². The predicted octanol–water partition coefficient (Wildman–Crippen LogP) is 1.91. The first-order valence-corrected chi connectivity index (χ1v) is 5.71. The number of rotatable bonds is 3. The van der Waals surface area contributed by atoms with Crippen molar-refractivity contribution in [2.75, 3.05) is 11.1 Å². The third-order valence-corrected chi connectivity index (χ3v) is 2.63. The van der Waals surface area contributed by atoms with Crippen LogP contribution in [0.4, 0.5) is 11.4 Å². The molecule has 16 heavy (non-hydrogen) atoms. The topological polar surface area (TPSA) is 68.0 Å². The van der Waals surface area contributed by atoms with Crippen molar-refractivity contribution in [3.63, 3.8) is 0 Å². The van der Waals surface area contributed by atoms with Gasteiger partial charge in [-0.15, -0.1) is 11.3 Å². The molecule has 0 radical (unpaired) electrons. The highest BCUT2D eigenvalue weighted by Gasteiger charge is 2.05. The fraction of sp³-hybridized carbons (Fsp3) is 0.0909. The maximum Gasteiger partial charge on any atom is 0.230 e. The van der Waals surface area contributed by atoms with Crippen molar-refractivity contribution in [1.82, 2.24) is 4.98 Å². The van der Waals surface area contributed by atoms with E-state index >= 15 is 0 Å². The van der Waals surface area contributed by atoms with Gasteiger partial charge in [-0.3, -0.25) is 4.79 Å². The Morgan fingerprint density at radius 2 is 2.38 bits per heavy atom. The smallest absolute Gasteiger partial charge is 0.230 e. The van der Waals surface area contributed by atoms with Gasteiger partial charge in [0.05, 0.1) is 17.6 Å². The number of hydrogen-bond donors (Lipinski definition) is 2. The van der Waals surface area contributed by atoms with Crippen molar-refractivity contribution < 1.29 is 4.79 Å². The van der Waals surface area contributed by atoms with Crippen molar-refractivity contribution in [3.05, 3.63) is 40.8 Å². The van der Waals surface area contributed by atoms with Gasteiger partial charge in [0.15, 0.2) is 0 Å². The number of carbonyl (C=O) groups excluding carboxylic acids is 1. The molecule has 0 aliphatic heterocycles. The van der Waals surface area contributed by atoms with Crippen molar-refractivity contribution in [2.45, 2.75) is 6.42 Å². The van der Waals surface area contributed by atoms with Crippen molar-refractivity contribution in [3.8, 4) is 0 Å². The molecule has 0 aliphatic rings. The Bertz CT molecular complexity index is 482. The molecule has 0 aliphatic carbocycles. The molecule has 82 valence electrons. The standard InChI is InChI=1S/C11H11N3OS/c12-8-2-1-3-9(4-8)14-11(15)5-10-6-16-7-13-10/h1-4,6-7H,5,12H2,(H,14,15). The summed E-state index contributed by atoms with van der Waals surface area (Å²) < 4.78 is 0. The van der Waals surface area contributed by atoms with Gasteiger partial charge in [-0.25, -0.2) is 4.98 Å². The molecule has 1 aromatic carbocycles. The van der Waals surface area contributed by atoms with Crippen molar-refractivity contribution in [1.29, 1.82) is 0 Å². The van der Waals surface area contributed by atoms with Crippen LogP contribution in [-0.2, 0) is 11.2 Å². The van der Waals surface area contributed by atoms with E-state index in [9.17, 15) is 4.79 Å². The van der Waals surface area contributed by atoms with Gasteiger partial charge in [0.1, 0.15) is 0 Å². The third kappa shape index (κ3) is 2.80. The minimum Gasteiger partial charge on any atom is -0.399 e. The van der Waals surface area contributed by atoms with Gasteiger partial charge in [0.2, 0.25) is 5.91 Å². The van der Waals surface area contributed by atoms with Crippen LogP contribution < -0.4 is 11.1 Å². The average Bonchev–Trinajstić information content (AvgIpc) is 2.70. The van der Waals surface area contributed by atoms with Crippen LogP contribution in [0.25, 0.3) is 0 Å². The Hall–Kier alpha value is -1.88. The van der Waals surface area contributed by atoms with E-state index in [1.807, 2.05) is 5.38 Å². The monoisotopic (exact) mass is 233 g/mol. The van der Waals surface area contributed by atoms with Crippen LogP contribution >= 0.6 is 11.3 Å². The Morgan fingerprint density at radius 1 is 1.50 bits per heavy atom. The first kappa shape index (κ1) is 10.6. The fourth-order valence-electron chi connectivity index (χ4n) is 1.31. The summed E-state index contributed by atoms with van der Waals surface area (Å²) >= 11 is 1.48. The van der Waals surface area contributed by atoms with Crippen LogP contribution in [0.15, 0.2) is 35.2 Å². The molecular weight excluding hydrogens is 222 g/mol. The van der Waals surface area contributed by atoms with E-state index in [-0.39, 0.29) is 12.3 Å². The minimum absolute atomic E-state index is 0.0866. The average molecular weight is 233 g/mol. The summed E-state index contributed by atoms with van der Waals surface area (Å²) in [6.45, 7) is 0. The van der Waals surface area contributed by atoms with Gasteiger partial charge in [0.25, 0.3) is 0 Å². The van der Waals surface area contributed by atoms with Gasteiger partial charge in [0, 0.05) is 16.8 Å². The molecule has 1 amide bonds. The van der Waals surface area contributed by atoms with E-state index in [1.54, 1.807) is 29.8 Å². The van der Waals surface area contributed by atoms with E-state index in [0.29, 0.717) is 11.4 Å². The molecule has 0 fully saturated rings. The number of nitrogen functional groups attached to an aromatic ring is 1. The Balaban J connectivity index is 1.97. The van der Waals surface area contributed by atoms with Crippen molar-refractivity contribution >= 4 is 28.6 Å². The van der Waals surface area contributed by atoms with Crippen LogP contribution in [0, 0.1) is 0 Å². The van der Waals surface area contributed by atoms with Gasteiger partial charge in [-0.2, -0.15) is 0 Å². The number of benzene rings is 1. The van der Waals surface area contributed by atoms with Crippen LogP contribution in [-0.4, -0.2) is 10.9 Å². The summed E-state index contributed by atoms with van der Waals surface area (Å²) in [4.78, 5) is 15.7. The third-order valence-electron chi connectivity index (χ3n) is 2.00. The molecule has 0 unspecified atom stereocenters. The van der Waals surface area contributed by atoms with Gasteiger partial charge < -0.3 is 11.1 Å². The molecule has 3 N–H and O–H groups in total. The second-order valence-electron chi connectivity index (χ2n) is 3.33. The zero-order valence-electron chi connectivity index (χ0n) is 8.51. The molecule has 2 aromatic rings. The van der Waals surface area contributed by atoms with Crippen LogP contribution in [0.2, 0.25) is 0 Å². The first-order valence-electron chi connectivity index (χ1n) is 4.76. The van der Waals surface area contributed by atoms with E-state index in [2.05, 4.69) is 10.3 Å². The second kappa shape index (κ2) is 4.76.